The van der Waals surface area contributed by atoms with Crippen LogP contribution in [-0.4, -0.2) is 42.9 Å². The molecule has 2 rings (SSSR count). The average Bonchev–Trinajstić information content (AvgIpc) is 2.54. The van der Waals surface area contributed by atoms with Gasteiger partial charge in [-0.1, -0.05) is 12.1 Å². The molecular formula is C16H21N3O4. The highest BCUT2D eigenvalue weighted by Crippen LogP contribution is 2.13. The minimum Gasteiger partial charge on any atom is -0.383 e. The van der Waals surface area contributed by atoms with E-state index in [1.807, 2.05) is 6.07 Å². The first-order valence-electron chi connectivity index (χ1n) is 7.35. The minimum absolute atomic E-state index is 0.0414. The lowest BCUT2D eigenvalue weighted by Gasteiger charge is -2.19. The Morgan fingerprint density at radius 2 is 2.04 bits per heavy atom. The predicted molar refractivity (Wildman–Crippen MR) is 86.3 cm³/mol. The molecule has 1 amide bonds. The Labute approximate surface area is 134 Å². The first-order chi connectivity index (χ1) is 11.1. The zero-order valence-corrected chi connectivity index (χ0v) is 13.5. The van der Waals surface area contributed by atoms with Crippen LogP contribution in [0.1, 0.15) is 18.8 Å². The monoisotopic (exact) mass is 319 g/mol. The molecule has 124 valence electrons. The van der Waals surface area contributed by atoms with Gasteiger partial charge in [0.1, 0.15) is 12.4 Å². The van der Waals surface area contributed by atoms with Crippen LogP contribution in [0.4, 0.5) is 0 Å². The molecule has 0 saturated carbocycles. The lowest BCUT2D eigenvalue weighted by atomic mass is 10.2. The molecule has 0 aliphatic rings. The predicted octanol–water partition coefficient (Wildman–Crippen LogP) is 0.866. The number of hydrogen-bond donors (Lipinski definition) is 1. The van der Waals surface area contributed by atoms with Crippen molar-refractivity contribution in [2.24, 2.45) is 0 Å². The van der Waals surface area contributed by atoms with E-state index >= 15 is 0 Å². The van der Waals surface area contributed by atoms with Gasteiger partial charge in [-0.3, -0.25) is 14.2 Å². The molecule has 7 nitrogen and oxygen atoms in total. The molecule has 0 bridgehead atoms. The molecule has 2 aromatic rings. The highest BCUT2D eigenvalue weighted by Gasteiger charge is 2.18. The van der Waals surface area contributed by atoms with Gasteiger partial charge in [-0.25, -0.2) is 4.98 Å². The molecule has 0 unspecified atom stereocenters. The number of nitrogens with one attached hydrogen (secondary N) is 1. The molecule has 1 atom stereocenters. The summed E-state index contributed by atoms with van der Waals surface area (Å²) in [4.78, 5) is 29.0. The van der Waals surface area contributed by atoms with Crippen LogP contribution in [0.5, 0.6) is 0 Å². The van der Waals surface area contributed by atoms with Gasteiger partial charge in [0.25, 0.3) is 5.56 Å². The Bertz CT molecular complexity index is 742. The van der Waals surface area contributed by atoms with Gasteiger partial charge in [0.15, 0.2) is 0 Å². The third-order valence-electron chi connectivity index (χ3n) is 3.45. The Morgan fingerprint density at radius 3 is 2.74 bits per heavy atom. The number of ether oxygens (including phenoxy) is 2. The fourth-order valence-electron chi connectivity index (χ4n) is 2.39. The van der Waals surface area contributed by atoms with Crippen LogP contribution < -0.4 is 10.9 Å². The summed E-state index contributed by atoms with van der Waals surface area (Å²) in [5.41, 5.74) is 0.462. The van der Waals surface area contributed by atoms with Crippen molar-refractivity contribution >= 4 is 16.8 Å². The number of carbonyl (C=O) groups excluding carboxylic acids is 1. The quantitative estimate of drug-likeness (QED) is 0.819. The molecular weight excluding hydrogens is 298 g/mol. The molecule has 0 spiro atoms. The molecule has 0 aliphatic heterocycles. The molecule has 1 heterocycles. The van der Waals surface area contributed by atoms with Crippen LogP contribution >= 0.6 is 0 Å². The normalized spacial score (nSPS) is 12.3. The highest BCUT2D eigenvalue weighted by molar-refractivity contribution is 5.78. The zero-order valence-electron chi connectivity index (χ0n) is 13.5. The second kappa shape index (κ2) is 7.85. The van der Waals surface area contributed by atoms with Gasteiger partial charge in [0.2, 0.25) is 5.91 Å². The smallest absolute Gasteiger partial charge is 0.261 e. The number of benzene rings is 1. The fourth-order valence-corrected chi connectivity index (χ4v) is 2.39. The highest BCUT2D eigenvalue weighted by atomic mass is 16.5. The lowest BCUT2D eigenvalue weighted by molar-refractivity contribution is -0.125. The molecule has 1 N–H and O–H groups in total. The van der Waals surface area contributed by atoms with E-state index in [0.717, 1.165) is 0 Å². The summed E-state index contributed by atoms with van der Waals surface area (Å²) in [6.07, 6.45) is 0. The van der Waals surface area contributed by atoms with Crippen LogP contribution in [0, 0.1) is 0 Å². The van der Waals surface area contributed by atoms with Crippen LogP contribution in [-0.2, 0) is 20.8 Å². The van der Waals surface area contributed by atoms with E-state index < -0.39 is 6.04 Å². The molecule has 23 heavy (non-hydrogen) atoms. The van der Waals surface area contributed by atoms with E-state index in [4.69, 9.17) is 9.47 Å². The summed E-state index contributed by atoms with van der Waals surface area (Å²) in [7, 11) is 3.02. The molecule has 0 radical (unpaired) electrons. The summed E-state index contributed by atoms with van der Waals surface area (Å²) in [6, 6.07) is 6.73. The minimum atomic E-state index is -0.424. The second-order valence-electron chi connectivity index (χ2n) is 5.16. The molecule has 1 aromatic carbocycles. The van der Waals surface area contributed by atoms with Crippen LogP contribution in [0.15, 0.2) is 29.1 Å². The van der Waals surface area contributed by atoms with Gasteiger partial charge < -0.3 is 14.8 Å². The Kier molecular flexibility index (Phi) is 5.84. The van der Waals surface area contributed by atoms with Gasteiger partial charge in [-0.05, 0) is 19.1 Å². The number of para-hydroxylation sites is 1. The van der Waals surface area contributed by atoms with E-state index in [9.17, 15) is 9.59 Å². The Balaban J connectivity index is 2.46. The topological polar surface area (TPSA) is 82.4 Å². The second-order valence-corrected chi connectivity index (χ2v) is 5.16. The lowest BCUT2D eigenvalue weighted by Crippen LogP contribution is -2.35. The van der Waals surface area contributed by atoms with Crippen molar-refractivity contribution in [1.29, 1.82) is 0 Å². The molecule has 0 saturated heterocycles. The third-order valence-corrected chi connectivity index (χ3v) is 3.45. The van der Waals surface area contributed by atoms with Crippen molar-refractivity contribution in [1.82, 2.24) is 14.9 Å². The van der Waals surface area contributed by atoms with Crippen molar-refractivity contribution < 1.29 is 14.3 Å². The molecule has 0 aliphatic carbocycles. The van der Waals surface area contributed by atoms with Crippen molar-refractivity contribution in [2.75, 3.05) is 27.4 Å². The standard InChI is InChI=1S/C16H21N3O4/c1-11(17-14(20)10-23-3)15-18-13-7-5-4-6-12(13)16(21)19(15)8-9-22-2/h4-7,11H,8-10H2,1-3H3,(H,17,20)/t11-/m0/s1. The van der Waals surface area contributed by atoms with Crippen molar-refractivity contribution in [3.05, 3.63) is 40.4 Å². The Hall–Kier alpha value is -2.25. The van der Waals surface area contributed by atoms with Gasteiger partial charge in [0.05, 0.1) is 30.1 Å². The molecule has 7 heteroatoms. The van der Waals surface area contributed by atoms with E-state index in [1.54, 1.807) is 36.8 Å². The maximum absolute atomic E-state index is 12.7. The number of hydrogen-bond acceptors (Lipinski definition) is 5. The van der Waals surface area contributed by atoms with Crippen molar-refractivity contribution in [3.63, 3.8) is 0 Å². The van der Waals surface area contributed by atoms with Crippen LogP contribution in [0.3, 0.4) is 0 Å². The van der Waals surface area contributed by atoms with Gasteiger partial charge in [0, 0.05) is 14.2 Å². The summed E-state index contributed by atoms with van der Waals surface area (Å²) >= 11 is 0. The average molecular weight is 319 g/mol. The van der Waals surface area contributed by atoms with Crippen LogP contribution in [0.25, 0.3) is 10.9 Å². The zero-order chi connectivity index (χ0) is 16.8. The Morgan fingerprint density at radius 1 is 1.30 bits per heavy atom. The molecule has 0 fully saturated rings. The first-order valence-corrected chi connectivity index (χ1v) is 7.35. The number of methoxy groups -OCH3 is 2. The van der Waals surface area contributed by atoms with Gasteiger partial charge in [-0.15, -0.1) is 0 Å². The van der Waals surface area contributed by atoms with E-state index in [0.29, 0.717) is 29.9 Å². The van der Waals surface area contributed by atoms with Crippen molar-refractivity contribution in [3.8, 4) is 0 Å². The number of nitrogens with zero attached hydrogens (tertiary/aromatic N) is 2. The number of carbonyl (C=O) groups is 1. The maximum atomic E-state index is 12.7. The third kappa shape index (κ3) is 3.94. The fraction of sp³-hybridized carbons (Fsp3) is 0.438. The number of aromatic nitrogens is 2. The van der Waals surface area contributed by atoms with Crippen molar-refractivity contribution in [2.45, 2.75) is 19.5 Å². The summed E-state index contributed by atoms with van der Waals surface area (Å²) in [5.74, 6) is 0.232. The van der Waals surface area contributed by atoms with E-state index in [-0.39, 0.29) is 18.1 Å². The number of fused-ring (bicyclic) bond motifs is 1. The maximum Gasteiger partial charge on any atom is 0.261 e. The molecule has 1 aromatic heterocycles. The summed E-state index contributed by atoms with van der Waals surface area (Å²) < 4.78 is 11.4. The number of amides is 1. The van der Waals surface area contributed by atoms with Crippen LogP contribution in [0.2, 0.25) is 0 Å². The van der Waals surface area contributed by atoms with Gasteiger partial charge >= 0.3 is 0 Å². The summed E-state index contributed by atoms with van der Waals surface area (Å²) in [5, 5.41) is 3.32. The first kappa shape index (κ1) is 17.1. The van der Waals surface area contributed by atoms with Gasteiger partial charge in [-0.2, -0.15) is 0 Å². The van der Waals surface area contributed by atoms with E-state index in [2.05, 4.69) is 10.3 Å². The largest absolute Gasteiger partial charge is 0.383 e. The summed E-state index contributed by atoms with van der Waals surface area (Å²) in [6.45, 7) is 2.49. The SMILES string of the molecule is COCCn1c([C@H](C)NC(=O)COC)nc2ccccc2c1=O. The van der Waals surface area contributed by atoms with E-state index in [1.165, 1.54) is 7.11 Å². The number of rotatable bonds is 7.